The SMILES string of the molecule is Cc1ccc2c(c1)C(CCCCCCCCCl)(CCCCCCCCCl)c1cc(-c3c(F)c(F)c(-c4ccc5c(c4)C4(c6ccccc6-c6ccc(-c7c(F)c(F)c(C)c(F)c7F)cc64)c4ccccc4-5)c(F)c3F)ccc1-2. The van der Waals surface area contributed by atoms with Gasteiger partial charge in [0.05, 0.1) is 22.1 Å². The first-order valence-electron chi connectivity index (χ1n) is 27.4. The Bertz CT molecular complexity index is 3570. The maximum atomic E-state index is 17.3. The third-order valence-electron chi connectivity index (χ3n) is 17.2. The summed E-state index contributed by atoms with van der Waals surface area (Å²) in [5.41, 5.74) is 4.85. The lowest BCUT2D eigenvalue weighted by atomic mass is 9.70. The second-order valence-corrected chi connectivity index (χ2v) is 22.4. The number of hydrogen-bond acceptors (Lipinski definition) is 0. The van der Waals surface area contributed by atoms with Crippen LogP contribution < -0.4 is 0 Å². The molecule has 0 saturated heterocycles. The molecule has 3 aliphatic carbocycles. The summed E-state index contributed by atoms with van der Waals surface area (Å²) in [4.78, 5) is 0. The number of fused-ring (bicyclic) bond motifs is 13. The van der Waals surface area contributed by atoms with Crippen molar-refractivity contribution in [1.29, 1.82) is 0 Å². The molecule has 400 valence electrons. The van der Waals surface area contributed by atoms with Crippen LogP contribution in [-0.2, 0) is 10.8 Å². The van der Waals surface area contributed by atoms with E-state index in [0.717, 1.165) is 130 Å². The summed E-state index contributed by atoms with van der Waals surface area (Å²) in [6.07, 6.45) is 13.8. The van der Waals surface area contributed by atoms with Crippen LogP contribution >= 0.6 is 23.2 Å². The van der Waals surface area contributed by atoms with E-state index in [9.17, 15) is 0 Å². The minimum absolute atomic E-state index is 0.0312. The Morgan fingerprint density at radius 2 is 0.641 bits per heavy atom. The molecular formula is C68H58Cl2F8. The Morgan fingerprint density at radius 1 is 0.321 bits per heavy atom. The molecule has 8 aromatic rings. The predicted molar refractivity (Wildman–Crippen MR) is 300 cm³/mol. The van der Waals surface area contributed by atoms with Gasteiger partial charge in [-0.2, -0.15) is 0 Å². The van der Waals surface area contributed by atoms with E-state index in [1.807, 2.05) is 54.6 Å². The van der Waals surface area contributed by atoms with Crippen LogP contribution in [-0.4, -0.2) is 11.8 Å². The molecule has 0 bridgehead atoms. The average molecular weight is 1100 g/mol. The zero-order valence-corrected chi connectivity index (χ0v) is 45.2. The maximum absolute atomic E-state index is 17.3. The van der Waals surface area contributed by atoms with Crippen molar-refractivity contribution in [2.75, 3.05) is 11.8 Å². The van der Waals surface area contributed by atoms with Crippen molar-refractivity contribution >= 4 is 23.2 Å². The number of aryl methyl sites for hydroxylation is 1. The van der Waals surface area contributed by atoms with Crippen molar-refractivity contribution in [2.45, 2.75) is 115 Å². The molecule has 0 aliphatic heterocycles. The second kappa shape index (κ2) is 21.8. The molecule has 3 aliphatic rings. The average Bonchev–Trinajstić information content (AvgIpc) is 3.19. The van der Waals surface area contributed by atoms with E-state index in [1.54, 1.807) is 24.3 Å². The minimum atomic E-state index is -1.56. The lowest BCUT2D eigenvalue weighted by molar-refractivity contribution is 0.398. The molecule has 11 rings (SSSR count). The van der Waals surface area contributed by atoms with Crippen LogP contribution in [0.5, 0.6) is 0 Å². The predicted octanol–water partition coefficient (Wildman–Crippen LogP) is 21.0. The van der Waals surface area contributed by atoms with Crippen molar-refractivity contribution in [2.24, 2.45) is 0 Å². The fourth-order valence-corrected chi connectivity index (χ4v) is 13.8. The fraction of sp³-hybridized carbons (Fsp3) is 0.294. The van der Waals surface area contributed by atoms with Gasteiger partial charge in [-0.15, -0.1) is 23.2 Å². The third-order valence-corrected chi connectivity index (χ3v) is 17.7. The summed E-state index contributed by atoms with van der Waals surface area (Å²) < 4.78 is 131. The highest BCUT2D eigenvalue weighted by Crippen LogP contribution is 2.64. The van der Waals surface area contributed by atoms with Crippen molar-refractivity contribution in [3.8, 4) is 66.8 Å². The maximum Gasteiger partial charge on any atom is 0.170 e. The van der Waals surface area contributed by atoms with Gasteiger partial charge < -0.3 is 0 Å². The molecule has 0 heterocycles. The van der Waals surface area contributed by atoms with Crippen LogP contribution in [0, 0.1) is 60.4 Å². The van der Waals surface area contributed by atoms with Gasteiger partial charge in [0.1, 0.15) is 0 Å². The van der Waals surface area contributed by atoms with Crippen LogP contribution in [0.3, 0.4) is 0 Å². The number of alkyl halides is 2. The zero-order valence-electron chi connectivity index (χ0n) is 43.6. The molecule has 8 aromatic carbocycles. The largest absolute Gasteiger partial charge is 0.203 e. The normalized spacial score (nSPS) is 15.1. The highest BCUT2D eigenvalue weighted by atomic mass is 35.5. The highest BCUT2D eigenvalue weighted by molar-refractivity contribution is 6.18. The van der Waals surface area contributed by atoms with Crippen LogP contribution in [0.25, 0.3) is 66.8 Å². The summed E-state index contributed by atoms with van der Waals surface area (Å²) >= 11 is 11.9. The van der Waals surface area contributed by atoms with Gasteiger partial charge in [0.25, 0.3) is 0 Å². The number of rotatable bonds is 19. The summed E-state index contributed by atoms with van der Waals surface area (Å²) in [5.74, 6) is -11.1. The molecule has 1 unspecified atom stereocenters. The van der Waals surface area contributed by atoms with E-state index in [1.165, 1.54) is 29.8 Å². The summed E-state index contributed by atoms with van der Waals surface area (Å²) in [6.45, 7) is 3.02. The Labute approximate surface area is 461 Å². The first kappa shape index (κ1) is 53.8. The van der Waals surface area contributed by atoms with Crippen LogP contribution in [0.1, 0.15) is 134 Å². The molecule has 0 N–H and O–H groups in total. The lowest BCUT2D eigenvalue weighted by Gasteiger charge is -2.33. The smallest absolute Gasteiger partial charge is 0.170 e. The van der Waals surface area contributed by atoms with Gasteiger partial charge in [-0.1, -0.05) is 173 Å². The Hall–Kier alpha value is -6.22. The van der Waals surface area contributed by atoms with Gasteiger partial charge in [-0.3, -0.25) is 0 Å². The van der Waals surface area contributed by atoms with E-state index in [-0.39, 0.29) is 16.7 Å². The topological polar surface area (TPSA) is 0 Å². The van der Waals surface area contributed by atoms with Crippen LogP contribution in [0.4, 0.5) is 35.1 Å². The quantitative estimate of drug-likeness (QED) is 0.0328. The number of halogens is 10. The zero-order chi connectivity index (χ0) is 54.6. The molecule has 10 heteroatoms. The molecule has 1 spiro atoms. The number of unbranched alkanes of at least 4 members (excludes halogenated alkanes) is 10. The molecule has 0 fully saturated rings. The highest BCUT2D eigenvalue weighted by Gasteiger charge is 2.52. The first-order valence-corrected chi connectivity index (χ1v) is 28.4. The summed E-state index contributed by atoms with van der Waals surface area (Å²) in [5, 5.41) is 0. The van der Waals surface area contributed by atoms with E-state index >= 15 is 35.1 Å². The second-order valence-electron chi connectivity index (χ2n) is 21.6. The lowest BCUT2D eigenvalue weighted by Crippen LogP contribution is -2.26. The molecule has 0 amide bonds. The van der Waals surface area contributed by atoms with Crippen molar-refractivity contribution in [3.63, 3.8) is 0 Å². The third kappa shape index (κ3) is 8.61. The molecular weight excluding hydrogens is 1040 g/mol. The molecule has 0 radical (unpaired) electrons. The first-order chi connectivity index (χ1) is 37.8. The number of benzene rings is 8. The number of hydrogen-bond donors (Lipinski definition) is 0. The van der Waals surface area contributed by atoms with Gasteiger partial charge in [-0.05, 0) is 141 Å². The summed E-state index contributed by atoms with van der Waals surface area (Å²) in [7, 11) is 0. The van der Waals surface area contributed by atoms with E-state index in [2.05, 4.69) is 25.1 Å². The van der Waals surface area contributed by atoms with Gasteiger partial charge in [0.2, 0.25) is 0 Å². The molecule has 0 aromatic heterocycles. The van der Waals surface area contributed by atoms with E-state index < -0.39 is 79.6 Å². The van der Waals surface area contributed by atoms with E-state index in [4.69, 9.17) is 23.2 Å². The molecule has 78 heavy (non-hydrogen) atoms. The Morgan fingerprint density at radius 3 is 1.06 bits per heavy atom. The Balaban J connectivity index is 1.03. The van der Waals surface area contributed by atoms with Crippen molar-refractivity contribution < 1.29 is 35.1 Å². The van der Waals surface area contributed by atoms with Crippen molar-refractivity contribution in [3.05, 3.63) is 212 Å². The molecule has 0 nitrogen and oxygen atoms in total. The molecule has 1 atom stereocenters. The fourth-order valence-electron chi connectivity index (χ4n) is 13.5. The van der Waals surface area contributed by atoms with Crippen molar-refractivity contribution in [1.82, 2.24) is 0 Å². The summed E-state index contributed by atoms with van der Waals surface area (Å²) in [6, 6.07) is 35.6. The van der Waals surface area contributed by atoms with Crippen LogP contribution in [0.15, 0.2) is 121 Å². The minimum Gasteiger partial charge on any atom is -0.203 e. The monoisotopic (exact) mass is 1100 g/mol. The Kier molecular flexibility index (Phi) is 15.0. The van der Waals surface area contributed by atoms with Gasteiger partial charge in [-0.25, -0.2) is 35.1 Å². The standard InChI is InChI=1S/C68H58Cl2F8/c1-39-23-27-46-47-28-24-41(36-53(47)67(52(46)35-39,31-15-7-3-5-9-17-33-69)32-16-8-4-6-10-18-34-70)57-63(75)65(77)58(66(78)64(57)76)43-26-30-49-45-20-12-14-22-51(45)68(55(49)38-43)50-21-13-11-19-44(50)48-29-25-42(37-54(48)68)56-61(73)59(71)40(2)60(72)62(56)74/h11-14,19-30,35-38H,3-10,15-18,31-34H2,1-2H3. The van der Waals surface area contributed by atoms with Gasteiger partial charge >= 0.3 is 0 Å². The van der Waals surface area contributed by atoms with Gasteiger partial charge in [0.15, 0.2) is 46.5 Å². The van der Waals surface area contributed by atoms with Crippen LogP contribution in [0.2, 0.25) is 0 Å². The van der Waals surface area contributed by atoms with E-state index in [0.29, 0.717) is 45.1 Å². The van der Waals surface area contributed by atoms with Gasteiger partial charge in [0, 0.05) is 22.7 Å². The molecule has 0 saturated carbocycles.